The number of rotatable bonds is 42. The fourth-order valence-corrected chi connectivity index (χ4v) is 6.06. The number of allylic oxidation sites excluding steroid dienone is 26. The molecule has 0 aliphatic carbocycles. The lowest BCUT2D eigenvalue weighted by molar-refractivity contribution is -0.167. The summed E-state index contributed by atoms with van der Waals surface area (Å²) < 4.78 is 16.7. The fourth-order valence-electron chi connectivity index (χ4n) is 6.06. The van der Waals surface area contributed by atoms with Gasteiger partial charge in [0.15, 0.2) is 6.10 Å². The molecule has 0 fully saturated rings. The smallest absolute Gasteiger partial charge is 0.306 e. The summed E-state index contributed by atoms with van der Waals surface area (Å²) in [6, 6.07) is 0. The Hall–Kier alpha value is -4.97. The summed E-state index contributed by atoms with van der Waals surface area (Å²) in [6.45, 7) is 6.11. The van der Waals surface area contributed by atoms with Crippen LogP contribution >= 0.6 is 0 Å². The van der Waals surface area contributed by atoms with Crippen molar-refractivity contribution in [3.63, 3.8) is 0 Å². The van der Waals surface area contributed by atoms with Crippen LogP contribution < -0.4 is 0 Å². The van der Waals surface area contributed by atoms with Crippen LogP contribution in [-0.2, 0) is 28.6 Å². The SMILES string of the molecule is CC\C=C/C=C\C=C/C=C\C=C/CCCC(=O)OCC(COC(=O)CCCCCCCC/C=C\C/C=C\C/C=C\C/C=C\CC)OC(=O)CCCCCCC\C=C/C=C\C=C/C=C\CC. The van der Waals surface area contributed by atoms with Crippen LogP contribution in [0.3, 0.4) is 0 Å². The number of ether oxygens (including phenoxy) is 3. The van der Waals surface area contributed by atoms with Gasteiger partial charge in [-0.2, -0.15) is 0 Å². The topological polar surface area (TPSA) is 78.9 Å². The lowest BCUT2D eigenvalue weighted by Crippen LogP contribution is -2.30. The second-order valence-electron chi connectivity index (χ2n) is 15.8. The third-order valence-electron chi connectivity index (χ3n) is 9.73. The van der Waals surface area contributed by atoms with E-state index in [1.807, 2.05) is 79.0 Å². The summed E-state index contributed by atoms with van der Waals surface area (Å²) in [6.07, 6.45) is 75.1. The van der Waals surface area contributed by atoms with Crippen molar-refractivity contribution in [1.82, 2.24) is 0 Å². The Morgan fingerprint density at radius 3 is 1.11 bits per heavy atom. The first-order valence-corrected chi connectivity index (χ1v) is 25.1. The second-order valence-corrected chi connectivity index (χ2v) is 15.8. The molecule has 0 heterocycles. The maximum absolute atomic E-state index is 12.8. The highest BCUT2D eigenvalue weighted by molar-refractivity contribution is 5.71. The Labute approximate surface area is 397 Å². The van der Waals surface area contributed by atoms with Gasteiger partial charge in [-0.1, -0.05) is 224 Å². The van der Waals surface area contributed by atoms with Crippen LogP contribution in [0.25, 0.3) is 0 Å². The van der Waals surface area contributed by atoms with Crippen LogP contribution in [0.4, 0.5) is 0 Å². The molecule has 0 N–H and O–H groups in total. The van der Waals surface area contributed by atoms with Gasteiger partial charge in [0, 0.05) is 19.3 Å². The summed E-state index contributed by atoms with van der Waals surface area (Å²) >= 11 is 0. The van der Waals surface area contributed by atoms with Crippen molar-refractivity contribution in [2.75, 3.05) is 13.2 Å². The van der Waals surface area contributed by atoms with Gasteiger partial charge in [0.1, 0.15) is 13.2 Å². The molecule has 0 amide bonds. The minimum Gasteiger partial charge on any atom is -0.462 e. The molecule has 0 aromatic carbocycles. The van der Waals surface area contributed by atoms with Gasteiger partial charge in [0.2, 0.25) is 0 Å². The summed E-state index contributed by atoms with van der Waals surface area (Å²) in [5.74, 6) is -1.05. The van der Waals surface area contributed by atoms with E-state index in [4.69, 9.17) is 14.2 Å². The minimum absolute atomic E-state index is 0.126. The van der Waals surface area contributed by atoms with Crippen molar-refractivity contribution >= 4 is 17.9 Å². The molecule has 360 valence electrons. The highest BCUT2D eigenvalue weighted by atomic mass is 16.6. The zero-order valence-corrected chi connectivity index (χ0v) is 40.9. The third kappa shape index (κ3) is 49.9. The molecule has 1 unspecified atom stereocenters. The van der Waals surface area contributed by atoms with E-state index >= 15 is 0 Å². The molecule has 0 aliphatic rings. The van der Waals surface area contributed by atoms with Gasteiger partial charge in [-0.3, -0.25) is 14.4 Å². The molecule has 0 bridgehead atoms. The van der Waals surface area contributed by atoms with Gasteiger partial charge in [-0.05, 0) is 89.9 Å². The standard InChI is InChI=1S/C59H88O6/c1-4-7-10-13-16-19-22-25-27-28-29-30-32-34-37-40-43-46-49-52-58(61)64-55-56(54-63-57(60)51-48-45-42-39-36-33-24-21-18-15-12-9-6-3)65-59(62)53-50-47-44-41-38-35-31-26-23-20-17-14-11-8-5-2/h7-12,14-21,23-27,29-31,33,36,39,42,56H,4-6,13,22,28,32,34-35,37-38,40-41,43-55H2,1-3H3/b10-7-,11-8-,12-9-,17-14-,18-15-,19-16-,23-20-,24-21-,27-25-,30-29-,31-26-,36-33-,42-39-. The Balaban J connectivity index is 4.57. The van der Waals surface area contributed by atoms with Crippen molar-refractivity contribution in [1.29, 1.82) is 0 Å². The first-order valence-electron chi connectivity index (χ1n) is 25.1. The Morgan fingerprint density at radius 1 is 0.323 bits per heavy atom. The monoisotopic (exact) mass is 893 g/mol. The van der Waals surface area contributed by atoms with Crippen molar-refractivity contribution in [2.45, 2.75) is 181 Å². The third-order valence-corrected chi connectivity index (χ3v) is 9.73. The quantitative estimate of drug-likeness (QED) is 0.0200. The first kappa shape index (κ1) is 60.0. The van der Waals surface area contributed by atoms with E-state index < -0.39 is 6.10 Å². The molecule has 0 aromatic rings. The van der Waals surface area contributed by atoms with Crippen LogP contribution in [-0.4, -0.2) is 37.2 Å². The second kappa shape index (κ2) is 51.7. The highest BCUT2D eigenvalue weighted by Gasteiger charge is 2.19. The Bertz CT molecular complexity index is 1540. The van der Waals surface area contributed by atoms with Crippen LogP contribution in [0.15, 0.2) is 158 Å². The first-order chi connectivity index (χ1) is 32.0. The van der Waals surface area contributed by atoms with Crippen LogP contribution in [0.2, 0.25) is 0 Å². The summed E-state index contributed by atoms with van der Waals surface area (Å²) in [5.41, 5.74) is 0. The normalized spacial score (nSPS) is 13.5. The molecule has 0 rings (SSSR count). The van der Waals surface area contributed by atoms with E-state index in [9.17, 15) is 14.4 Å². The number of carbonyl (C=O) groups is 3. The van der Waals surface area contributed by atoms with Gasteiger partial charge < -0.3 is 14.2 Å². The van der Waals surface area contributed by atoms with Crippen LogP contribution in [0.5, 0.6) is 0 Å². The highest BCUT2D eigenvalue weighted by Crippen LogP contribution is 2.12. The fraction of sp³-hybridized carbons (Fsp3) is 0.508. The molecule has 0 aromatic heterocycles. The number of esters is 3. The molecule has 0 radical (unpaired) electrons. The number of carbonyl (C=O) groups excluding carboxylic acids is 3. The zero-order valence-electron chi connectivity index (χ0n) is 40.9. The van der Waals surface area contributed by atoms with Crippen molar-refractivity contribution in [3.05, 3.63) is 158 Å². The lowest BCUT2D eigenvalue weighted by atomic mass is 10.1. The molecule has 1 atom stereocenters. The summed E-state index contributed by atoms with van der Waals surface area (Å²) in [4.78, 5) is 37.9. The molecule has 6 nitrogen and oxygen atoms in total. The maximum Gasteiger partial charge on any atom is 0.306 e. The van der Waals surface area contributed by atoms with E-state index in [0.29, 0.717) is 12.8 Å². The predicted molar refractivity (Wildman–Crippen MR) is 278 cm³/mol. The largest absolute Gasteiger partial charge is 0.462 e. The van der Waals surface area contributed by atoms with Crippen molar-refractivity contribution in [2.24, 2.45) is 0 Å². The van der Waals surface area contributed by atoms with Crippen molar-refractivity contribution in [3.8, 4) is 0 Å². The average Bonchev–Trinajstić information content (AvgIpc) is 3.30. The molecule has 0 spiro atoms. The lowest BCUT2D eigenvalue weighted by Gasteiger charge is -2.18. The Kier molecular flexibility index (Phi) is 47.7. The van der Waals surface area contributed by atoms with Crippen LogP contribution in [0, 0.1) is 0 Å². The molecule has 0 saturated carbocycles. The molecular formula is C59H88O6. The van der Waals surface area contributed by atoms with E-state index in [-0.39, 0.29) is 44.0 Å². The van der Waals surface area contributed by atoms with Gasteiger partial charge in [-0.25, -0.2) is 0 Å². The maximum atomic E-state index is 12.8. The zero-order chi connectivity index (χ0) is 47.2. The summed E-state index contributed by atoms with van der Waals surface area (Å²) in [5, 5.41) is 0. The van der Waals surface area contributed by atoms with E-state index in [1.165, 1.54) is 12.8 Å². The Morgan fingerprint density at radius 2 is 0.646 bits per heavy atom. The number of hydrogen-bond donors (Lipinski definition) is 0. The molecule has 0 aliphatic heterocycles. The number of unbranched alkanes of at least 4 members (excludes halogenated alkanes) is 12. The van der Waals surface area contributed by atoms with E-state index in [2.05, 4.69) is 99.8 Å². The summed E-state index contributed by atoms with van der Waals surface area (Å²) in [7, 11) is 0. The molecule has 6 heteroatoms. The minimum atomic E-state index is -0.833. The molecule has 0 saturated heterocycles. The van der Waals surface area contributed by atoms with Gasteiger partial charge in [0.05, 0.1) is 0 Å². The van der Waals surface area contributed by atoms with E-state index in [1.54, 1.807) is 0 Å². The van der Waals surface area contributed by atoms with Crippen molar-refractivity contribution < 1.29 is 28.6 Å². The molecular weight excluding hydrogens is 805 g/mol. The van der Waals surface area contributed by atoms with Gasteiger partial charge >= 0.3 is 17.9 Å². The van der Waals surface area contributed by atoms with Gasteiger partial charge in [-0.15, -0.1) is 0 Å². The molecule has 65 heavy (non-hydrogen) atoms. The predicted octanol–water partition coefficient (Wildman–Crippen LogP) is 16.6. The average molecular weight is 893 g/mol. The number of hydrogen-bond acceptors (Lipinski definition) is 6. The van der Waals surface area contributed by atoms with Gasteiger partial charge in [0.25, 0.3) is 0 Å². The van der Waals surface area contributed by atoms with Crippen LogP contribution in [0.1, 0.15) is 175 Å². The van der Waals surface area contributed by atoms with E-state index in [0.717, 1.165) is 116 Å².